The van der Waals surface area contributed by atoms with Crippen molar-refractivity contribution in [2.24, 2.45) is 0 Å². The summed E-state index contributed by atoms with van der Waals surface area (Å²) in [6.07, 6.45) is 9.36. The third kappa shape index (κ3) is 11.1. The number of alkyl carbamates (subject to hydrolysis) is 2. The summed E-state index contributed by atoms with van der Waals surface area (Å²) in [6.45, 7) is 11.3. The summed E-state index contributed by atoms with van der Waals surface area (Å²) in [6, 6.07) is -1.52. The Morgan fingerprint density at radius 1 is 0.516 bits per heavy atom. The summed E-state index contributed by atoms with van der Waals surface area (Å²) in [5, 5.41) is 11.2. The molecular formula is C40H46N10O12. The van der Waals surface area contributed by atoms with Crippen molar-refractivity contribution < 1.29 is 55.2 Å². The molecule has 22 nitrogen and oxygen atoms in total. The minimum absolute atomic E-state index is 0.0108. The second-order valence-corrected chi connectivity index (χ2v) is 16.2. The molecule has 0 aliphatic carbocycles. The van der Waals surface area contributed by atoms with E-state index in [2.05, 4.69) is 51.2 Å². The number of carbonyl (C=O) groups excluding carboxylic acids is 4. The highest BCUT2D eigenvalue weighted by molar-refractivity contribution is 5.93. The van der Waals surface area contributed by atoms with E-state index in [1.807, 2.05) is 0 Å². The number of ether oxygens (including phenoxy) is 2. The average Bonchev–Trinajstić information content (AvgIpc) is 4.04. The molecule has 328 valence electrons. The fourth-order valence-corrected chi connectivity index (χ4v) is 6.00. The zero-order valence-corrected chi connectivity index (χ0v) is 34.9. The van der Waals surface area contributed by atoms with E-state index in [1.165, 1.54) is 37.6 Å². The van der Waals surface area contributed by atoms with Gasteiger partial charge in [0.15, 0.2) is 34.2 Å². The number of carbonyl (C=O) groups is 4. The number of oxazole rings is 6. The Hall–Kier alpha value is -7.26. The molecule has 0 radical (unpaired) electrons. The topological polar surface area (TPSA) is 291 Å². The normalized spacial score (nSPS) is 15.6. The summed E-state index contributed by atoms with van der Waals surface area (Å²) < 4.78 is 44.8. The van der Waals surface area contributed by atoms with Crippen molar-refractivity contribution in [1.82, 2.24) is 51.2 Å². The summed E-state index contributed by atoms with van der Waals surface area (Å²) in [7, 11) is 0. The maximum Gasteiger partial charge on any atom is 0.407 e. The Morgan fingerprint density at radius 2 is 0.839 bits per heavy atom. The second-order valence-electron chi connectivity index (χ2n) is 16.2. The van der Waals surface area contributed by atoms with Gasteiger partial charge in [0, 0.05) is 13.1 Å². The van der Waals surface area contributed by atoms with Crippen LogP contribution in [0.2, 0.25) is 0 Å². The third-order valence-corrected chi connectivity index (χ3v) is 8.78. The van der Waals surface area contributed by atoms with Crippen molar-refractivity contribution in [2.75, 3.05) is 13.1 Å². The van der Waals surface area contributed by atoms with Crippen molar-refractivity contribution in [3.8, 4) is 46.3 Å². The van der Waals surface area contributed by atoms with Gasteiger partial charge in [0.1, 0.15) is 60.9 Å². The van der Waals surface area contributed by atoms with Gasteiger partial charge >= 0.3 is 12.2 Å². The quantitative estimate of drug-likeness (QED) is 0.102. The van der Waals surface area contributed by atoms with Crippen LogP contribution >= 0.6 is 0 Å². The lowest BCUT2D eigenvalue weighted by Crippen LogP contribution is -2.33. The van der Waals surface area contributed by atoms with Crippen LogP contribution in [0.15, 0.2) is 64.1 Å². The predicted molar refractivity (Wildman–Crippen MR) is 212 cm³/mol. The zero-order valence-electron chi connectivity index (χ0n) is 34.9. The van der Waals surface area contributed by atoms with Gasteiger partial charge in [-0.25, -0.2) is 39.5 Å². The summed E-state index contributed by atoms with van der Waals surface area (Å²) in [5.41, 5.74) is -0.656. The van der Waals surface area contributed by atoms with Crippen LogP contribution in [0.1, 0.15) is 125 Å². The van der Waals surface area contributed by atoms with Crippen LogP contribution in [-0.4, -0.2) is 78.2 Å². The zero-order chi connectivity index (χ0) is 44.0. The van der Waals surface area contributed by atoms with Crippen molar-refractivity contribution in [3.05, 3.63) is 60.7 Å². The van der Waals surface area contributed by atoms with E-state index in [9.17, 15) is 19.2 Å². The Bertz CT molecular complexity index is 2320. The number of nitrogens with zero attached hydrogens (tertiary/aromatic N) is 6. The fourth-order valence-electron chi connectivity index (χ4n) is 6.00. The number of nitrogens with one attached hydrogen (secondary N) is 4. The van der Waals surface area contributed by atoms with Crippen molar-refractivity contribution >= 4 is 24.0 Å². The number of hydrogen-bond donors (Lipinski definition) is 4. The maximum atomic E-state index is 13.6. The van der Waals surface area contributed by atoms with Crippen molar-refractivity contribution in [1.29, 1.82) is 0 Å². The average molecular weight is 859 g/mol. The van der Waals surface area contributed by atoms with Gasteiger partial charge in [0.2, 0.25) is 35.3 Å². The molecule has 22 heteroatoms. The van der Waals surface area contributed by atoms with E-state index < -0.39 is 47.3 Å². The van der Waals surface area contributed by atoms with Crippen LogP contribution in [0, 0.1) is 0 Å². The highest BCUT2D eigenvalue weighted by atomic mass is 16.6. The first-order chi connectivity index (χ1) is 29.6. The van der Waals surface area contributed by atoms with Gasteiger partial charge in [-0.1, -0.05) is 0 Å². The predicted octanol–water partition coefficient (Wildman–Crippen LogP) is 6.93. The smallest absolute Gasteiger partial charge is 0.407 e. The molecule has 0 aromatic carbocycles. The largest absolute Gasteiger partial charge is 0.446 e. The Morgan fingerprint density at radius 3 is 1.21 bits per heavy atom. The van der Waals surface area contributed by atoms with Crippen LogP contribution in [-0.2, 0) is 9.47 Å². The molecule has 1 aliphatic heterocycles. The van der Waals surface area contributed by atoms with Gasteiger partial charge in [0.25, 0.3) is 11.8 Å². The molecule has 7 heterocycles. The van der Waals surface area contributed by atoms with E-state index >= 15 is 0 Å². The number of aromatic nitrogens is 6. The van der Waals surface area contributed by atoms with Gasteiger partial charge in [-0.15, -0.1) is 0 Å². The molecule has 0 fully saturated rings. The third-order valence-electron chi connectivity index (χ3n) is 8.78. The second kappa shape index (κ2) is 18.2. The highest BCUT2D eigenvalue weighted by Crippen LogP contribution is 2.30. The first kappa shape index (κ1) is 42.8. The van der Waals surface area contributed by atoms with Gasteiger partial charge in [-0.3, -0.25) is 9.59 Å². The van der Waals surface area contributed by atoms with Crippen molar-refractivity contribution in [3.63, 3.8) is 0 Å². The SMILES string of the molecule is CC(C)(C)OC(=O)NCCCC[C@@H]1NC(=O)c2coc(n2)-c2coc(n2)-c2coc(n2)[C@H](CCCCNC(=O)OC(C)(C)C)NC(=O)c2coc(n2)-c2coc(n2)-c2coc1n2. The van der Waals surface area contributed by atoms with E-state index in [1.54, 1.807) is 41.5 Å². The van der Waals surface area contributed by atoms with Crippen LogP contribution in [0.3, 0.4) is 0 Å². The van der Waals surface area contributed by atoms with E-state index in [-0.39, 0.29) is 69.5 Å². The van der Waals surface area contributed by atoms with Gasteiger partial charge < -0.3 is 57.2 Å². The highest BCUT2D eigenvalue weighted by Gasteiger charge is 2.28. The van der Waals surface area contributed by atoms with Crippen molar-refractivity contribution in [2.45, 2.75) is 103 Å². The number of hydrogen-bond acceptors (Lipinski definition) is 18. The summed E-state index contributed by atoms with van der Waals surface area (Å²) in [5.74, 6) is -0.826. The molecular weight excluding hydrogens is 812 g/mol. The molecule has 1 aliphatic rings. The summed E-state index contributed by atoms with van der Waals surface area (Å²) >= 11 is 0. The molecule has 4 N–H and O–H groups in total. The standard InChI is InChI=1S/C40H46N10O12/c1-39(2,3)61-37(53)41-13-9-7-11-21-31-47-27(17-57-31)35-49-26(19-59-35)34-46-24(16-56-34)30(52)44-22(12-8-10-14-42-38(54)62-40(4,5)6)32-48-28(18-58-32)36-50-25(20-60-36)33-45-23(15-55-33)29(51)43-21/h15-22H,7-14H2,1-6H3,(H,41,53)(H,42,54)(H,43,51)(H,44,52)/t21-,22-/m0/s1. The lowest BCUT2D eigenvalue weighted by molar-refractivity contribution is 0.0515. The van der Waals surface area contributed by atoms with Gasteiger partial charge in [-0.05, 0) is 80.1 Å². The molecule has 12 bridgehead atoms. The number of unbranched alkanes of at least 4 members (excludes halogenated alkanes) is 2. The molecule has 7 rings (SSSR count). The van der Waals surface area contributed by atoms with Crippen LogP contribution in [0.5, 0.6) is 0 Å². The Labute approximate surface area is 353 Å². The maximum absolute atomic E-state index is 13.6. The Kier molecular flexibility index (Phi) is 12.5. The molecule has 0 unspecified atom stereocenters. The fraction of sp³-hybridized carbons (Fsp3) is 0.450. The number of fused-ring (bicyclic) bond motifs is 16. The van der Waals surface area contributed by atoms with E-state index in [0.29, 0.717) is 51.6 Å². The molecule has 2 atom stereocenters. The van der Waals surface area contributed by atoms with Gasteiger partial charge in [-0.2, -0.15) is 0 Å². The molecule has 62 heavy (non-hydrogen) atoms. The van der Waals surface area contributed by atoms with Crippen LogP contribution < -0.4 is 21.3 Å². The van der Waals surface area contributed by atoms with Crippen LogP contribution in [0.4, 0.5) is 9.59 Å². The minimum atomic E-state index is -0.761. The molecule has 0 saturated heterocycles. The molecule has 6 aromatic heterocycles. The van der Waals surface area contributed by atoms with Crippen LogP contribution in [0.25, 0.3) is 46.3 Å². The monoisotopic (exact) mass is 858 g/mol. The molecule has 0 saturated carbocycles. The molecule has 0 spiro atoms. The first-order valence-electron chi connectivity index (χ1n) is 19.9. The number of amides is 4. The first-order valence-corrected chi connectivity index (χ1v) is 19.9. The number of rotatable bonds is 10. The lowest BCUT2D eigenvalue weighted by Gasteiger charge is -2.19. The minimum Gasteiger partial charge on any atom is -0.446 e. The molecule has 6 aromatic rings. The lowest BCUT2D eigenvalue weighted by atomic mass is 10.1. The Balaban J connectivity index is 1.12. The summed E-state index contributed by atoms with van der Waals surface area (Å²) in [4.78, 5) is 78.1. The van der Waals surface area contributed by atoms with E-state index in [0.717, 1.165) is 0 Å². The molecule has 4 amide bonds. The van der Waals surface area contributed by atoms with E-state index in [4.69, 9.17) is 36.0 Å². The van der Waals surface area contributed by atoms with Gasteiger partial charge in [0.05, 0.1) is 0 Å².